The predicted molar refractivity (Wildman–Crippen MR) is 75.5 cm³/mol. The Kier molecular flexibility index (Phi) is 4.18. The van der Waals surface area contributed by atoms with E-state index in [2.05, 4.69) is 11.8 Å². The van der Waals surface area contributed by atoms with Crippen molar-refractivity contribution in [3.8, 4) is 11.8 Å². The molecule has 0 fully saturated rings. The molecule has 5 nitrogen and oxygen atoms in total. The van der Waals surface area contributed by atoms with Gasteiger partial charge in [-0.1, -0.05) is 24.0 Å². The van der Waals surface area contributed by atoms with Crippen LogP contribution in [0.1, 0.15) is 11.1 Å². The Bertz CT molecular complexity index is 791. The van der Waals surface area contributed by atoms with Gasteiger partial charge in [0.25, 0.3) is 0 Å². The van der Waals surface area contributed by atoms with Crippen LogP contribution in [0.5, 0.6) is 0 Å². The third-order valence-electron chi connectivity index (χ3n) is 2.83. The van der Waals surface area contributed by atoms with Crippen molar-refractivity contribution in [1.29, 1.82) is 0 Å². The van der Waals surface area contributed by atoms with Crippen molar-refractivity contribution in [3.63, 3.8) is 0 Å². The molecule has 1 aromatic carbocycles. The molecule has 0 saturated heterocycles. The van der Waals surface area contributed by atoms with Crippen LogP contribution in [0.3, 0.4) is 0 Å². The molecule has 0 saturated carbocycles. The highest BCUT2D eigenvalue weighted by Crippen LogP contribution is 2.05. The fourth-order valence-corrected chi connectivity index (χ4v) is 1.80. The number of aromatic nitrogens is 2. The molecule has 0 unspecified atom stereocenters. The number of hydrogen-bond acceptors (Lipinski definition) is 3. The smallest absolute Gasteiger partial charge is 0.316 e. The molecule has 0 aliphatic heterocycles. The van der Waals surface area contributed by atoms with Gasteiger partial charge in [-0.3, -0.25) is 9.59 Å². The highest BCUT2D eigenvalue weighted by atomic mass is 16.2. The van der Waals surface area contributed by atoms with Crippen molar-refractivity contribution < 1.29 is 5.11 Å². The normalized spacial score (nSPS) is 9.90. The summed E-state index contributed by atoms with van der Waals surface area (Å²) in [5, 5.41) is 8.67. The first-order valence-electron chi connectivity index (χ1n) is 6.06. The molecule has 0 aliphatic carbocycles. The fourth-order valence-electron chi connectivity index (χ4n) is 1.80. The van der Waals surface area contributed by atoms with Crippen LogP contribution in [0.4, 0.5) is 0 Å². The fraction of sp³-hybridized carbons (Fsp3) is 0.200. The lowest BCUT2D eigenvalue weighted by Gasteiger charge is -2.06. The first-order valence-corrected chi connectivity index (χ1v) is 6.06. The summed E-state index contributed by atoms with van der Waals surface area (Å²) < 4.78 is 2.61. The third kappa shape index (κ3) is 3.05. The Balaban J connectivity index is 2.34. The van der Waals surface area contributed by atoms with Gasteiger partial charge in [-0.15, -0.1) is 0 Å². The van der Waals surface area contributed by atoms with Crippen LogP contribution in [0.25, 0.3) is 0 Å². The van der Waals surface area contributed by atoms with Gasteiger partial charge in [0.05, 0.1) is 6.54 Å². The largest absolute Gasteiger partial charge is 0.384 e. The number of rotatable bonds is 2. The summed E-state index contributed by atoms with van der Waals surface area (Å²) in [7, 11) is 1.54. The minimum atomic E-state index is -0.554. The molecule has 2 aromatic rings. The topological polar surface area (TPSA) is 64.2 Å². The standard InChI is InChI=1S/C15H14N2O3/c1-16-7-8-17(15(20)14(16)19)11-13-5-2-4-12(10-13)6-3-9-18/h2,4-5,7-8,10,18H,9,11H2,1H3. The van der Waals surface area contributed by atoms with Crippen LogP contribution >= 0.6 is 0 Å². The summed E-state index contributed by atoms with van der Waals surface area (Å²) in [6, 6.07) is 7.32. The number of hydrogen-bond donors (Lipinski definition) is 1. The summed E-state index contributed by atoms with van der Waals surface area (Å²) in [6.07, 6.45) is 3.13. The van der Waals surface area contributed by atoms with Gasteiger partial charge in [0.15, 0.2) is 0 Å². The van der Waals surface area contributed by atoms with E-state index in [1.165, 1.54) is 9.13 Å². The Morgan fingerprint density at radius 1 is 1.20 bits per heavy atom. The second-order valence-corrected chi connectivity index (χ2v) is 4.31. The van der Waals surface area contributed by atoms with E-state index >= 15 is 0 Å². The molecule has 0 spiro atoms. The van der Waals surface area contributed by atoms with Crippen LogP contribution in [-0.2, 0) is 13.6 Å². The first kappa shape index (κ1) is 13.8. The molecular formula is C15H14N2O3. The highest BCUT2D eigenvalue weighted by Gasteiger charge is 2.03. The number of nitrogens with zero attached hydrogens (tertiary/aromatic N) is 2. The summed E-state index contributed by atoms with van der Waals surface area (Å²) >= 11 is 0. The van der Waals surface area contributed by atoms with E-state index in [0.29, 0.717) is 6.54 Å². The lowest BCUT2D eigenvalue weighted by Crippen LogP contribution is -2.39. The van der Waals surface area contributed by atoms with Crippen molar-refractivity contribution in [2.75, 3.05) is 6.61 Å². The van der Waals surface area contributed by atoms with Crippen molar-refractivity contribution in [3.05, 3.63) is 68.5 Å². The highest BCUT2D eigenvalue weighted by molar-refractivity contribution is 5.37. The molecule has 102 valence electrons. The number of aryl methyl sites for hydroxylation is 1. The van der Waals surface area contributed by atoms with Crippen molar-refractivity contribution in [2.24, 2.45) is 7.05 Å². The summed E-state index contributed by atoms with van der Waals surface area (Å²) in [5.74, 6) is 5.37. The van der Waals surface area contributed by atoms with E-state index in [-0.39, 0.29) is 6.61 Å². The zero-order valence-corrected chi connectivity index (χ0v) is 11.0. The van der Waals surface area contributed by atoms with Gasteiger partial charge in [0.1, 0.15) is 6.61 Å². The van der Waals surface area contributed by atoms with Crippen LogP contribution < -0.4 is 11.1 Å². The molecule has 1 aromatic heterocycles. The second-order valence-electron chi connectivity index (χ2n) is 4.31. The molecular weight excluding hydrogens is 256 g/mol. The van der Waals surface area contributed by atoms with Crippen LogP contribution in [0, 0.1) is 11.8 Å². The van der Waals surface area contributed by atoms with Gasteiger partial charge in [-0.25, -0.2) is 0 Å². The van der Waals surface area contributed by atoms with E-state index in [4.69, 9.17) is 5.11 Å². The maximum atomic E-state index is 11.8. The zero-order valence-electron chi connectivity index (χ0n) is 11.0. The van der Waals surface area contributed by atoms with Gasteiger partial charge in [0.2, 0.25) is 0 Å². The monoisotopic (exact) mass is 270 g/mol. The molecule has 1 heterocycles. The average Bonchev–Trinajstić information content (AvgIpc) is 2.46. The van der Waals surface area contributed by atoms with Gasteiger partial charge < -0.3 is 14.2 Å². The second kappa shape index (κ2) is 6.04. The Hall–Kier alpha value is -2.58. The van der Waals surface area contributed by atoms with Gasteiger partial charge in [-0.2, -0.15) is 0 Å². The number of aliphatic hydroxyl groups excluding tert-OH is 1. The van der Waals surface area contributed by atoms with Crippen LogP contribution in [-0.4, -0.2) is 20.8 Å². The number of aliphatic hydroxyl groups is 1. The quantitative estimate of drug-likeness (QED) is 0.614. The first-order chi connectivity index (χ1) is 9.61. The minimum Gasteiger partial charge on any atom is -0.384 e. The Morgan fingerprint density at radius 3 is 2.75 bits per heavy atom. The lowest BCUT2D eigenvalue weighted by atomic mass is 10.1. The van der Waals surface area contributed by atoms with E-state index in [9.17, 15) is 9.59 Å². The van der Waals surface area contributed by atoms with Crippen molar-refractivity contribution in [1.82, 2.24) is 9.13 Å². The van der Waals surface area contributed by atoms with Crippen molar-refractivity contribution >= 4 is 0 Å². The van der Waals surface area contributed by atoms with Gasteiger partial charge in [-0.05, 0) is 17.7 Å². The Morgan fingerprint density at radius 2 is 2.00 bits per heavy atom. The molecule has 0 aliphatic rings. The molecule has 1 N–H and O–H groups in total. The molecule has 5 heteroatoms. The van der Waals surface area contributed by atoms with Gasteiger partial charge >= 0.3 is 11.1 Å². The van der Waals surface area contributed by atoms with E-state index in [1.54, 1.807) is 19.4 Å². The molecule has 0 radical (unpaired) electrons. The maximum Gasteiger partial charge on any atom is 0.316 e. The number of benzene rings is 1. The molecule has 20 heavy (non-hydrogen) atoms. The SMILES string of the molecule is Cn1ccn(Cc2cccc(C#CCO)c2)c(=O)c1=O. The van der Waals surface area contributed by atoms with Crippen LogP contribution in [0.2, 0.25) is 0 Å². The molecule has 2 rings (SSSR count). The molecule has 0 amide bonds. The predicted octanol–water partition coefficient (Wildman–Crippen LogP) is -0.0609. The lowest BCUT2D eigenvalue weighted by molar-refractivity contribution is 0.350. The average molecular weight is 270 g/mol. The maximum absolute atomic E-state index is 11.8. The molecule has 0 bridgehead atoms. The van der Waals surface area contributed by atoms with E-state index < -0.39 is 11.1 Å². The summed E-state index contributed by atoms with van der Waals surface area (Å²) in [5.41, 5.74) is 0.518. The third-order valence-corrected chi connectivity index (χ3v) is 2.83. The molecule has 0 atom stereocenters. The Labute approximate surface area is 115 Å². The van der Waals surface area contributed by atoms with Gasteiger partial charge in [0, 0.05) is 25.0 Å². The van der Waals surface area contributed by atoms with E-state index in [1.807, 2.05) is 24.3 Å². The zero-order chi connectivity index (χ0) is 14.5. The summed E-state index contributed by atoms with van der Waals surface area (Å²) in [4.78, 5) is 23.4. The van der Waals surface area contributed by atoms with Crippen LogP contribution in [0.15, 0.2) is 46.2 Å². The van der Waals surface area contributed by atoms with Crippen molar-refractivity contribution in [2.45, 2.75) is 6.54 Å². The van der Waals surface area contributed by atoms with E-state index in [0.717, 1.165) is 11.1 Å². The minimum absolute atomic E-state index is 0.196. The summed E-state index contributed by atoms with van der Waals surface area (Å²) in [6.45, 7) is 0.113.